The summed E-state index contributed by atoms with van der Waals surface area (Å²) in [7, 11) is 0. The lowest BCUT2D eigenvalue weighted by molar-refractivity contribution is 0.157. The monoisotopic (exact) mass is 286 g/mol. The predicted octanol–water partition coefficient (Wildman–Crippen LogP) is 2.50. The van der Waals surface area contributed by atoms with Gasteiger partial charge in [0, 0.05) is 11.6 Å². The SMILES string of the molecule is CCOC(=O)NC(=S)NCCc1ccc(Cl)cc1. The van der Waals surface area contributed by atoms with E-state index in [9.17, 15) is 4.79 Å². The van der Waals surface area contributed by atoms with Crippen molar-refractivity contribution < 1.29 is 9.53 Å². The van der Waals surface area contributed by atoms with Gasteiger partial charge in [-0.25, -0.2) is 4.79 Å². The van der Waals surface area contributed by atoms with Gasteiger partial charge in [0.05, 0.1) is 6.61 Å². The van der Waals surface area contributed by atoms with Crippen molar-refractivity contribution in [1.82, 2.24) is 10.6 Å². The van der Waals surface area contributed by atoms with Gasteiger partial charge >= 0.3 is 6.09 Å². The highest BCUT2D eigenvalue weighted by Gasteiger charge is 2.03. The molecule has 18 heavy (non-hydrogen) atoms. The Kier molecular flexibility index (Phi) is 6.46. The molecule has 6 heteroatoms. The molecule has 0 saturated heterocycles. The summed E-state index contributed by atoms with van der Waals surface area (Å²) in [4.78, 5) is 11.0. The van der Waals surface area contributed by atoms with Crippen molar-refractivity contribution in [2.75, 3.05) is 13.2 Å². The van der Waals surface area contributed by atoms with Crippen LogP contribution in [0.5, 0.6) is 0 Å². The second-order valence-corrected chi connectivity index (χ2v) is 4.32. The molecule has 0 aliphatic rings. The first-order valence-electron chi connectivity index (χ1n) is 5.58. The minimum absolute atomic E-state index is 0.266. The zero-order valence-corrected chi connectivity index (χ0v) is 11.6. The molecule has 0 aromatic heterocycles. The minimum Gasteiger partial charge on any atom is -0.450 e. The van der Waals surface area contributed by atoms with Crippen LogP contribution in [0.4, 0.5) is 4.79 Å². The second kappa shape index (κ2) is 7.89. The Morgan fingerprint density at radius 2 is 2.06 bits per heavy atom. The first kappa shape index (κ1) is 14.7. The molecule has 0 heterocycles. The van der Waals surface area contributed by atoms with E-state index >= 15 is 0 Å². The fourth-order valence-electron chi connectivity index (χ4n) is 1.28. The van der Waals surface area contributed by atoms with Crippen LogP contribution in [-0.2, 0) is 11.2 Å². The van der Waals surface area contributed by atoms with Gasteiger partial charge in [-0.15, -0.1) is 0 Å². The van der Waals surface area contributed by atoms with E-state index in [-0.39, 0.29) is 5.11 Å². The number of carbonyl (C=O) groups is 1. The maximum atomic E-state index is 11.0. The van der Waals surface area contributed by atoms with Crippen LogP contribution in [0, 0.1) is 0 Å². The first-order valence-corrected chi connectivity index (χ1v) is 6.36. The smallest absolute Gasteiger partial charge is 0.413 e. The van der Waals surface area contributed by atoms with Crippen LogP contribution in [-0.4, -0.2) is 24.4 Å². The van der Waals surface area contributed by atoms with E-state index in [2.05, 4.69) is 10.6 Å². The molecule has 1 amide bonds. The van der Waals surface area contributed by atoms with Gasteiger partial charge < -0.3 is 10.1 Å². The van der Waals surface area contributed by atoms with Crippen molar-refractivity contribution in [3.63, 3.8) is 0 Å². The normalized spacial score (nSPS) is 9.67. The van der Waals surface area contributed by atoms with Crippen LogP contribution in [0.2, 0.25) is 5.02 Å². The molecule has 98 valence electrons. The Morgan fingerprint density at radius 1 is 1.39 bits per heavy atom. The molecule has 2 N–H and O–H groups in total. The molecule has 0 saturated carbocycles. The highest BCUT2D eigenvalue weighted by Crippen LogP contribution is 2.09. The molecule has 0 bridgehead atoms. The summed E-state index contributed by atoms with van der Waals surface area (Å²) in [6.45, 7) is 2.68. The molecule has 0 fully saturated rings. The number of nitrogens with one attached hydrogen (secondary N) is 2. The summed E-state index contributed by atoms with van der Waals surface area (Å²) in [5.74, 6) is 0. The van der Waals surface area contributed by atoms with Crippen molar-refractivity contribution in [1.29, 1.82) is 0 Å². The Hall–Kier alpha value is -1.33. The van der Waals surface area contributed by atoms with Crippen molar-refractivity contribution in [2.45, 2.75) is 13.3 Å². The summed E-state index contributed by atoms with van der Waals surface area (Å²) >= 11 is 10.7. The molecule has 0 atom stereocenters. The third-order valence-electron chi connectivity index (χ3n) is 2.10. The number of hydrogen-bond acceptors (Lipinski definition) is 3. The van der Waals surface area contributed by atoms with E-state index in [0.29, 0.717) is 18.2 Å². The molecule has 4 nitrogen and oxygen atoms in total. The minimum atomic E-state index is -0.540. The van der Waals surface area contributed by atoms with E-state index in [1.165, 1.54) is 0 Å². The van der Waals surface area contributed by atoms with Gasteiger partial charge in [0.1, 0.15) is 0 Å². The molecular weight excluding hydrogens is 272 g/mol. The van der Waals surface area contributed by atoms with Crippen LogP contribution >= 0.6 is 23.8 Å². The van der Waals surface area contributed by atoms with Gasteiger partial charge in [-0.05, 0) is 43.3 Å². The number of rotatable bonds is 4. The van der Waals surface area contributed by atoms with E-state index in [1.54, 1.807) is 6.92 Å². The highest BCUT2D eigenvalue weighted by atomic mass is 35.5. The van der Waals surface area contributed by atoms with E-state index in [1.807, 2.05) is 24.3 Å². The van der Waals surface area contributed by atoms with E-state index in [0.717, 1.165) is 12.0 Å². The lowest BCUT2D eigenvalue weighted by atomic mass is 10.1. The van der Waals surface area contributed by atoms with Crippen molar-refractivity contribution in [2.24, 2.45) is 0 Å². The van der Waals surface area contributed by atoms with Crippen LogP contribution in [0.25, 0.3) is 0 Å². The molecule has 1 aromatic rings. The zero-order chi connectivity index (χ0) is 13.4. The zero-order valence-electron chi connectivity index (χ0n) is 10.0. The lowest BCUT2D eigenvalue weighted by Gasteiger charge is -2.09. The van der Waals surface area contributed by atoms with Crippen molar-refractivity contribution >= 4 is 35.0 Å². The van der Waals surface area contributed by atoms with Crippen molar-refractivity contribution in [3.8, 4) is 0 Å². The lowest BCUT2D eigenvalue weighted by Crippen LogP contribution is -2.40. The first-order chi connectivity index (χ1) is 8.61. The molecule has 1 rings (SSSR count). The number of benzene rings is 1. The Morgan fingerprint density at radius 3 is 2.67 bits per heavy atom. The Labute approximate surface area is 117 Å². The van der Waals surface area contributed by atoms with Gasteiger partial charge in [0.25, 0.3) is 0 Å². The number of ether oxygens (including phenoxy) is 1. The third-order valence-corrected chi connectivity index (χ3v) is 2.60. The largest absolute Gasteiger partial charge is 0.450 e. The molecule has 0 aliphatic heterocycles. The molecule has 0 radical (unpaired) electrons. The number of hydrogen-bond donors (Lipinski definition) is 2. The number of carbonyl (C=O) groups excluding carboxylic acids is 1. The molecule has 0 unspecified atom stereocenters. The summed E-state index contributed by atoms with van der Waals surface area (Å²) < 4.78 is 4.70. The third kappa shape index (κ3) is 5.84. The predicted molar refractivity (Wildman–Crippen MR) is 75.9 cm³/mol. The van der Waals surface area contributed by atoms with Crippen LogP contribution in [0.15, 0.2) is 24.3 Å². The highest BCUT2D eigenvalue weighted by molar-refractivity contribution is 7.80. The molecule has 0 spiro atoms. The summed E-state index contributed by atoms with van der Waals surface area (Å²) in [6, 6.07) is 7.58. The summed E-state index contributed by atoms with van der Waals surface area (Å²) in [5, 5.41) is 6.32. The van der Waals surface area contributed by atoms with E-state index < -0.39 is 6.09 Å². The fraction of sp³-hybridized carbons (Fsp3) is 0.333. The number of amides is 1. The quantitative estimate of drug-likeness (QED) is 0.835. The van der Waals surface area contributed by atoms with Gasteiger partial charge in [0.15, 0.2) is 5.11 Å². The van der Waals surface area contributed by atoms with Crippen molar-refractivity contribution in [3.05, 3.63) is 34.9 Å². The Bertz CT molecular complexity index is 409. The van der Waals surface area contributed by atoms with Gasteiger partial charge in [-0.3, -0.25) is 5.32 Å². The van der Waals surface area contributed by atoms with E-state index in [4.69, 9.17) is 28.6 Å². The second-order valence-electron chi connectivity index (χ2n) is 3.48. The van der Waals surface area contributed by atoms with Gasteiger partial charge in [-0.1, -0.05) is 23.7 Å². The molecule has 0 aliphatic carbocycles. The Balaban J connectivity index is 2.23. The molecule has 1 aromatic carbocycles. The van der Waals surface area contributed by atoms with Gasteiger partial charge in [0.2, 0.25) is 0 Å². The topological polar surface area (TPSA) is 50.4 Å². The van der Waals surface area contributed by atoms with Crippen LogP contribution < -0.4 is 10.6 Å². The average molecular weight is 287 g/mol. The maximum absolute atomic E-state index is 11.0. The fourth-order valence-corrected chi connectivity index (χ4v) is 1.59. The molecular formula is C12H15ClN2O2S. The number of alkyl carbamates (subject to hydrolysis) is 1. The van der Waals surface area contributed by atoms with Crippen LogP contribution in [0.1, 0.15) is 12.5 Å². The maximum Gasteiger partial charge on any atom is 0.413 e. The average Bonchev–Trinajstić information content (AvgIpc) is 2.32. The van der Waals surface area contributed by atoms with Crippen LogP contribution in [0.3, 0.4) is 0 Å². The number of thiocarbonyl (C=S) groups is 1. The van der Waals surface area contributed by atoms with Gasteiger partial charge in [-0.2, -0.15) is 0 Å². The standard InChI is InChI=1S/C12H15ClN2O2S/c1-2-17-12(16)15-11(18)14-8-7-9-3-5-10(13)6-4-9/h3-6H,2,7-8H2,1H3,(H2,14,15,16,18). The summed E-state index contributed by atoms with van der Waals surface area (Å²) in [5.41, 5.74) is 1.14. The number of halogens is 1. The summed E-state index contributed by atoms with van der Waals surface area (Å²) in [6.07, 6.45) is 0.253.